The zero-order chi connectivity index (χ0) is 16.5. The second-order valence-electron chi connectivity index (χ2n) is 6.20. The van der Waals surface area contributed by atoms with Crippen LogP contribution in [0.25, 0.3) is 0 Å². The molecule has 0 aliphatic heterocycles. The minimum Gasteiger partial charge on any atom is -0.266 e. The quantitative estimate of drug-likeness (QED) is 0.858. The van der Waals surface area contributed by atoms with Gasteiger partial charge in [-0.15, -0.1) is 0 Å². The third-order valence-electron chi connectivity index (χ3n) is 3.57. The van der Waals surface area contributed by atoms with Crippen molar-refractivity contribution >= 4 is 15.7 Å². The first-order valence-electron chi connectivity index (χ1n) is 6.98. The van der Waals surface area contributed by atoms with Crippen molar-refractivity contribution in [3.8, 4) is 0 Å². The van der Waals surface area contributed by atoms with E-state index in [2.05, 4.69) is 20.8 Å². The van der Waals surface area contributed by atoms with Crippen molar-refractivity contribution in [1.29, 1.82) is 0 Å². The monoisotopic (exact) mass is 321 g/mol. The van der Waals surface area contributed by atoms with Crippen LogP contribution in [0.5, 0.6) is 0 Å². The van der Waals surface area contributed by atoms with Gasteiger partial charge in [0.2, 0.25) is 0 Å². The van der Waals surface area contributed by atoms with Gasteiger partial charge in [0.05, 0.1) is 10.6 Å². The summed E-state index contributed by atoms with van der Waals surface area (Å²) >= 11 is 0. The van der Waals surface area contributed by atoms with E-state index in [1.54, 1.807) is 30.3 Å². The number of hydrogen-bond acceptors (Lipinski definition) is 2. The number of benzene rings is 2. The number of para-hydroxylation sites is 1. The van der Waals surface area contributed by atoms with Crippen molar-refractivity contribution in [2.45, 2.75) is 31.1 Å². The Labute approximate surface area is 131 Å². The highest BCUT2D eigenvalue weighted by Crippen LogP contribution is 2.27. The van der Waals surface area contributed by atoms with E-state index in [0.29, 0.717) is 0 Å². The third-order valence-corrected chi connectivity index (χ3v) is 5.36. The van der Waals surface area contributed by atoms with Crippen molar-refractivity contribution < 1.29 is 12.8 Å². The molecule has 118 valence electrons. The minimum absolute atomic E-state index is 0.0300. The molecule has 0 fully saturated rings. The topological polar surface area (TPSA) is 37.4 Å². The van der Waals surface area contributed by atoms with Gasteiger partial charge in [-0.05, 0) is 35.2 Å². The van der Waals surface area contributed by atoms with Crippen LogP contribution in [0.1, 0.15) is 26.3 Å². The molecule has 0 aromatic heterocycles. The first-order chi connectivity index (χ1) is 10.1. The number of nitrogens with zero attached hydrogens (tertiary/aromatic N) is 1. The molecule has 3 nitrogen and oxygen atoms in total. The Hall–Kier alpha value is -1.88. The van der Waals surface area contributed by atoms with Crippen molar-refractivity contribution in [1.82, 2.24) is 0 Å². The summed E-state index contributed by atoms with van der Waals surface area (Å²) in [5.74, 6) is -0.570. The minimum atomic E-state index is -3.78. The number of anilines is 1. The summed E-state index contributed by atoms with van der Waals surface area (Å²) in [5.41, 5.74) is 1.02. The zero-order valence-corrected chi connectivity index (χ0v) is 14.0. The fourth-order valence-corrected chi connectivity index (χ4v) is 3.32. The predicted molar refractivity (Wildman–Crippen MR) is 87.1 cm³/mol. The zero-order valence-electron chi connectivity index (χ0n) is 13.2. The Balaban J connectivity index is 2.41. The van der Waals surface area contributed by atoms with Crippen LogP contribution in [0, 0.1) is 5.82 Å². The lowest BCUT2D eigenvalue weighted by atomic mass is 9.87. The van der Waals surface area contributed by atoms with Gasteiger partial charge in [-0.3, -0.25) is 4.31 Å². The Bertz CT molecular complexity index is 762. The Kier molecular flexibility index (Phi) is 4.29. The molecule has 0 aliphatic rings. The summed E-state index contributed by atoms with van der Waals surface area (Å²) in [5, 5.41) is 0. The lowest BCUT2D eigenvalue weighted by Gasteiger charge is -2.22. The molecule has 5 heteroatoms. The van der Waals surface area contributed by atoms with Crippen LogP contribution >= 0.6 is 0 Å². The second kappa shape index (κ2) is 5.72. The molecule has 0 atom stereocenters. The van der Waals surface area contributed by atoms with Gasteiger partial charge >= 0.3 is 0 Å². The number of hydrogen-bond donors (Lipinski definition) is 0. The Morgan fingerprint density at radius 2 is 1.50 bits per heavy atom. The Morgan fingerprint density at radius 1 is 0.955 bits per heavy atom. The predicted octanol–water partition coefficient (Wildman–Crippen LogP) is 3.95. The molecule has 2 aromatic rings. The summed E-state index contributed by atoms with van der Waals surface area (Å²) in [6.45, 7) is 6.17. The van der Waals surface area contributed by atoms with Crippen molar-refractivity contribution in [3.05, 3.63) is 59.9 Å². The molecule has 0 unspecified atom stereocenters. The molecule has 0 N–H and O–H groups in total. The molecule has 2 rings (SSSR count). The molecule has 0 radical (unpaired) electrons. The molecule has 0 heterocycles. The van der Waals surface area contributed by atoms with Gasteiger partial charge in [0, 0.05) is 7.05 Å². The van der Waals surface area contributed by atoms with Gasteiger partial charge in [0.15, 0.2) is 0 Å². The van der Waals surface area contributed by atoms with Gasteiger partial charge in [-0.25, -0.2) is 12.8 Å². The summed E-state index contributed by atoms with van der Waals surface area (Å²) in [7, 11) is -2.43. The summed E-state index contributed by atoms with van der Waals surface area (Å²) in [6, 6.07) is 12.5. The van der Waals surface area contributed by atoms with E-state index in [9.17, 15) is 12.8 Å². The molecular weight excluding hydrogens is 301 g/mol. The largest absolute Gasteiger partial charge is 0.266 e. The highest BCUT2D eigenvalue weighted by atomic mass is 32.2. The average molecular weight is 321 g/mol. The highest BCUT2D eigenvalue weighted by molar-refractivity contribution is 7.92. The standard InChI is InChI=1S/C17H20FNO2S/c1-17(2,3)13-9-11-14(12-10-13)22(20,21)19(4)16-8-6-5-7-15(16)18/h5-12H,1-4H3. The van der Waals surface area contributed by atoms with E-state index in [1.165, 1.54) is 25.2 Å². The fourth-order valence-electron chi connectivity index (χ4n) is 2.12. The van der Waals surface area contributed by atoms with Gasteiger partial charge in [-0.2, -0.15) is 0 Å². The highest BCUT2D eigenvalue weighted by Gasteiger charge is 2.24. The van der Waals surface area contributed by atoms with Crippen LogP contribution < -0.4 is 4.31 Å². The van der Waals surface area contributed by atoms with Crippen LogP contribution in [0.15, 0.2) is 53.4 Å². The van der Waals surface area contributed by atoms with E-state index in [1.807, 2.05) is 0 Å². The summed E-state index contributed by atoms with van der Waals surface area (Å²) in [4.78, 5) is 0.145. The maximum atomic E-state index is 13.8. The molecular formula is C17H20FNO2S. The number of halogens is 1. The van der Waals surface area contributed by atoms with Crippen LogP contribution in [0.2, 0.25) is 0 Å². The molecule has 0 amide bonds. The van der Waals surface area contributed by atoms with E-state index < -0.39 is 15.8 Å². The number of sulfonamides is 1. The van der Waals surface area contributed by atoms with Crippen LogP contribution in [-0.4, -0.2) is 15.5 Å². The van der Waals surface area contributed by atoms with Gasteiger partial charge in [0.1, 0.15) is 5.82 Å². The first kappa shape index (κ1) is 16.5. The molecule has 0 spiro atoms. The average Bonchev–Trinajstić information content (AvgIpc) is 2.46. The lowest BCUT2D eigenvalue weighted by Crippen LogP contribution is -2.27. The first-order valence-corrected chi connectivity index (χ1v) is 8.42. The smallest absolute Gasteiger partial charge is 0.264 e. The SMILES string of the molecule is CN(c1ccccc1F)S(=O)(=O)c1ccc(C(C)(C)C)cc1. The van der Waals surface area contributed by atoms with E-state index in [-0.39, 0.29) is 16.0 Å². The Morgan fingerprint density at radius 3 is 2.00 bits per heavy atom. The maximum Gasteiger partial charge on any atom is 0.264 e. The van der Waals surface area contributed by atoms with Crippen LogP contribution in [0.4, 0.5) is 10.1 Å². The molecule has 0 aliphatic carbocycles. The maximum absolute atomic E-state index is 13.8. The normalized spacial score (nSPS) is 12.2. The van der Waals surface area contributed by atoms with Gasteiger partial charge in [0.25, 0.3) is 10.0 Å². The molecule has 0 bridgehead atoms. The summed E-state index contributed by atoms with van der Waals surface area (Å²) in [6.07, 6.45) is 0. The molecule has 22 heavy (non-hydrogen) atoms. The second-order valence-corrected chi connectivity index (χ2v) is 8.17. The van der Waals surface area contributed by atoms with Crippen molar-refractivity contribution in [3.63, 3.8) is 0 Å². The van der Waals surface area contributed by atoms with E-state index in [0.717, 1.165) is 9.87 Å². The van der Waals surface area contributed by atoms with Crippen molar-refractivity contribution in [2.24, 2.45) is 0 Å². The van der Waals surface area contributed by atoms with E-state index >= 15 is 0 Å². The molecule has 2 aromatic carbocycles. The summed E-state index contributed by atoms with van der Waals surface area (Å²) < 4.78 is 40.0. The fraction of sp³-hybridized carbons (Fsp3) is 0.294. The number of rotatable bonds is 3. The van der Waals surface area contributed by atoms with Crippen LogP contribution in [-0.2, 0) is 15.4 Å². The van der Waals surface area contributed by atoms with Gasteiger partial charge in [-0.1, -0.05) is 45.0 Å². The van der Waals surface area contributed by atoms with E-state index in [4.69, 9.17) is 0 Å². The third kappa shape index (κ3) is 3.14. The molecule has 0 saturated heterocycles. The lowest BCUT2D eigenvalue weighted by molar-refractivity contribution is 0.584. The molecule has 0 saturated carbocycles. The van der Waals surface area contributed by atoms with Gasteiger partial charge < -0.3 is 0 Å². The van der Waals surface area contributed by atoms with Crippen molar-refractivity contribution in [2.75, 3.05) is 11.4 Å². The van der Waals surface area contributed by atoms with Crippen LogP contribution in [0.3, 0.4) is 0 Å².